The van der Waals surface area contributed by atoms with Gasteiger partial charge in [-0.25, -0.2) is 0 Å². The van der Waals surface area contributed by atoms with Gasteiger partial charge in [-0.1, -0.05) is 24.2 Å². The van der Waals surface area contributed by atoms with E-state index in [1.807, 2.05) is 0 Å². The molecule has 3 nitrogen and oxygen atoms in total. The summed E-state index contributed by atoms with van der Waals surface area (Å²) < 4.78 is 5.92. The molecule has 1 saturated carbocycles. The Morgan fingerprint density at radius 1 is 1.46 bits per heavy atom. The lowest BCUT2D eigenvalue weighted by atomic mass is 10.3. The van der Waals surface area contributed by atoms with E-state index in [2.05, 4.69) is 10.2 Å². The first-order valence-corrected chi connectivity index (χ1v) is 5.59. The molecule has 1 fully saturated rings. The molecule has 13 heavy (non-hydrogen) atoms. The van der Waals surface area contributed by atoms with Crippen LogP contribution in [0.1, 0.15) is 24.3 Å². The molecule has 0 amide bonds. The van der Waals surface area contributed by atoms with E-state index < -0.39 is 0 Å². The van der Waals surface area contributed by atoms with Crippen molar-refractivity contribution >= 4 is 22.9 Å². The summed E-state index contributed by atoms with van der Waals surface area (Å²) in [5.41, 5.74) is 0. The van der Waals surface area contributed by atoms with Gasteiger partial charge in [-0.05, 0) is 23.9 Å². The highest BCUT2D eigenvalue weighted by Crippen LogP contribution is 2.32. The molecule has 0 unspecified atom stereocenters. The van der Waals surface area contributed by atoms with Gasteiger partial charge in [0.15, 0.2) is 0 Å². The molecule has 0 bridgehead atoms. The lowest BCUT2D eigenvalue weighted by Gasteiger charge is -1.98. The summed E-state index contributed by atoms with van der Waals surface area (Å²) in [6.07, 6.45) is 3.95. The van der Waals surface area contributed by atoms with E-state index in [1.165, 1.54) is 30.6 Å². The minimum Gasteiger partial charge on any atom is -0.374 e. The number of ether oxygens (including phenoxy) is 1. The van der Waals surface area contributed by atoms with Crippen molar-refractivity contribution in [2.45, 2.75) is 25.9 Å². The summed E-state index contributed by atoms with van der Waals surface area (Å²) in [6.45, 7) is 1.39. The zero-order chi connectivity index (χ0) is 9.10. The van der Waals surface area contributed by atoms with Crippen molar-refractivity contribution in [1.82, 2.24) is 10.2 Å². The van der Waals surface area contributed by atoms with Gasteiger partial charge in [0.25, 0.3) is 0 Å². The number of aromatic nitrogens is 2. The van der Waals surface area contributed by atoms with E-state index in [0.717, 1.165) is 17.5 Å². The van der Waals surface area contributed by atoms with Crippen LogP contribution in [-0.4, -0.2) is 16.8 Å². The van der Waals surface area contributed by atoms with Gasteiger partial charge in [0, 0.05) is 6.61 Å². The molecule has 0 aromatic carbocycles. The standard InChI is InChI=1S/C8H11ClN2OS/c9-8-11-10-7(13-8)5-12-4-3-6-1-2-6/h6H,1-5H2. The van der Waals surface area contributed by atoms with Gasteiger partial charge < -0.3 is 4.74 Å². The zero-order valence-corrected chi connectivity index (χ0v) is 8.77. The van der Waals surface area contributed by atoms with E-state index in [4.69, 9.17) is 16.3 Å². The van der Waals surface area contributed by atoms with Crippen molar-refractivity contribution in [2.75, 3.05) is 6.61 Å². The third kappa shape index (κ3) is 3.21. The minimum absolute atomic E-state index is 0.487. The third-order valence-corrected chi connectivity index (χ3v) is 3.03. The second kappa shape index (κ2) is 4.35. The average Bonchev–Trinajstić information content (AvgIpc) is 2.84. The first-order valence-electron chi connectivity index (χ1n) is 4.40. The molecule has 5 heteroatoms. The van der Waals surface area contributed by atoms with Crippen LogP contribution in [0, 0.1) is 5.92 Å². The minimum atomic E-state index is 0.487. The van der Waals surface area contributed by atoms with Crippen LogP contribution in [0.2, 0.25) is 4.47 Å². The van der Waals surface area contributed by atoms with Gasteiger partial charge in [0.1, 0.15) is 11.6 Å². The Morgan fingerprint density at radius 3 is 2.92 bits per heavy atom. The molecule has 2 rings (SSSR count). The molecular weight excluding hydrogens is 208 g/mol. The van der Waals surface area contributed by atoms with Crippen LogP contribution in [0.3, 0.4) is 0 Å². The number of nitrogens with zero attached hydrogens (tertiary/aromatic N) is 2. The summed E-state index contributed by atoms with van der Waals surface area (Å²) in [5, 5.41) is 8.42. The predicted molar refractivity (Wildman–Crippen MR) is 51.9 cm³/mol. The highest BCUT2D eigenvalue weighted by Gasteiger charge is 2.20. The summed E-state index contributed by atoms with van der Waals surface area (Å²) >= 11 is 7.00. The van der Waals surface area contributed by atoms with Crippen molar-refractivity contribution in [2.24, 2.45) is 5.92 Å². The van der Waals surface area contributed by atoms with E-state index in [1.54, 1.807) is 0 Å². The maximum absolute atomic E-state index is 5.62. The quantitative estimate of drug-likeness (QED) is 0.713. The largest absolute Gasteiger partial charge is 0.374 e. The Kier molecular flexibility index (Phi) is 3.14. The lowest BCUT2D eigenvalue weighted by molar-refractivity contribution is 0.114. The average molecular weight is 219 g/mol. The molecule has 0 N–H and O–H groups in total. The Morgan fingerprint density at radius 2 is 2.31 bits per heavy atom. The van der Waals surface area contributed by atoms with Gasteiger partial charge >= 0.3 is 0 Å². The number of hydrogen-bond donors (Lipinski definition) is 0. The second-order valence-corrected chi connectivity index (χ2v) is 4.88. The summed E-state index contributed by atoms with van der Waals surface area (Å²) in [6, 6.07) is 0. The van der Waals surface area contributed by atoms with E-state index in [0.29, 0.717) is 11.1 Å². The monoisotopic (exact) mass is 218 g/mol. The molecule has 0 spiro atoms. The molecule has 0 saturated heterocycles. The van der Waals surface area contributed by atoms with Gasteiger partial charge in [-0.15, -0.1) is 10.2 Å². The Balaban J connectivity index is 1.61. The zero-order valence-electron chi connectivity index (χ0n) is 7.20. The molecule has 1 aliphatic carbocycles. The van der Waals surface area contributed by atoms with E-state index in [9.17, 15) is 0 Å². The van der Waals surface area contributed by atoms with Gasteiger partial charge in [0.2, 0.25) is 4.47 Å². The molecule has 0 aliphatic heterocycles. The summed E-state index contributed by atoms with van der Waals surface area (Å²) in [4.78, 5) is 0. The molecule has 0 atom stereocenters. The summed E-state index contributed by atoms with van der Waals surface area (Å²) in [7, 11) is 0. The van der Waals surface area contributed by atoms with E-state index >= 15 is 0 Å². The molecular formula is C8H11ClN2OS. The topological polar surface area (TPSA) is 35.0 Å². The highest BCUT2D eigenvalue weighted by molar-refractivity contribution is 7.15. The van der Waals surface area contributed by atoms with Crippen LogP contribution in [-0.2, 0) is 11.3 Å². The van der Waals surface area contributed by atoms with Crippen molar-refractivity contribution < 1.29 is 4.74 Å². The highest BCUT2D eigenvalue weighted by atomic mass is 35.5. The number of rotatable bonds is 5. The smallest absolute Gasteiger partial charge is 0.207 e. The van der Waals surface area contributed by atoms with Crippen molar-refractivity contribution in [1.29, 1.82) is 0 Å². The SMILES string of the molecule is Clc1nnc(COCCC2CC2)s1. The van der Waals surface area contributed by atoms with Crippen LogP contribution < -0.4 is 0 Å². The maximum Gasteiger partial charge on any atom is 0.207 e. The van der Waals surface area contributed by atoms with E-state index in [-0.39, 0.29) is 0 Å². The Bertz CT molecular complexity index is 275. The first-order chi connectivity index (χ1) is 6.34. The first kappa shape index (κ1) is 9.37. The summed E-state index contributed by atoms with van der Waals surface area (Å²) in [5.74, 6) is 0.929. The van der Waals surface area contributed by atoms with Crippen LogP contribution in [0.5, 0.6) is 0 Å². The fourth-order valence-corrected chi connectivity index (χ4v) is 1.91. The van der Waals surface area contributed by atoms with Gasteiger partial charge in [-0.2, -0.15) is 0 Å². The molecule has 1 heterocycles. The van der Waals surface area contributed by atoms with Crippen LogP contribution in [0.15, 0.2) is 0 Å². The Labute approximate surface area is 86.1 Å². The van der Waals surface area contributed by atoms with Crippen LogP contribution in [0.4, 0.5) is 0 Å². The van der Waals surface area contributed by atoms with Crippen LogP contribution >= 0.6 is 22.9 Å². The normalized spacial score (nSPS) is 16.4. The maximum atomic E-state index is 5.62. The van der Waals surface area contributed by atoms with Crippen molar-refractivity contribution in [3.8, 4) is 0 Å². The molecule has 1 aromatic rings. The van der Waals surface area contributed by atoms with Crippen molar-refractivity contribution in [3.05, 3.63) is 9.47 Å². The van der Waals surface area contributed by atoms with Gasteiger partial charge in [0.05, 0.1) is 0 Å². The fourth-order valence-electron chi connectivity index (χ4n) is 1.11. The molecule has 0 radical (unpaired) electrons. The fraction of sp³-hybridized carbons (Fsp3) is 0.750. The number of halogens is 1. The van der Waals surface area contributed by atoms with Crippen molar-refractivity contribution in [3.63, 3.8) is 0 Å². The Hall–Kier alpha value is -0.190. The third-order valence-electron chi connectivity index (χ3n) is 2.04. The molecule has 72 valence electrons. The lowest BCUT2D eigenvalue weighted by Crippen LogP contribution is -1.95. The van der Waals surface area contributed by atoms with Crippen LogP contribution in [0.25, 0.3) is 0 Å². The molecule has 1 aromatic heterocycles. The second-order valence-electron chi connectivity index (χ2n) is 3.23. The predicted octanol–water partition coefficient (Wildman–Crippen LogP) is 2.51. The molecule has 1 aliphatic rings. The number of hydrogen-bond acceptors (Lipinski definition) is 4. The van der Waals surface area contributed by atoms with Gasteiger partial charge in [-0.3, -0.25) is 0 Å².